The lowest BCUT2D eigenvalue weighted by Gasteiger charge is -2.29. The van der Waals surface area contributed by atoms with Gasteiger partial charge >= 0.3 is 0 Å². The highest BCUT2D eigenvalue weighted by Gasteiger charge is 2.27. The van der Waals surface area contributed by atoms with E-state index in [1.54, 1.807) is 0 Å². The second-order valence-electron chi connectivity index (χ2n) is 7.19. The molecular formula is C15H27N3S. The molecule has 1 aliphatic carbocycles. The molecule has 1 saturated carbocycles. The monoisotopic (exact) mass is 281 g/mol. The Kier molecular flexibility index (Phi) is 4.49. The molecule has 0 bridgehead atoms. The first kappa shape index (κ1) is 14.8. The van der Waals surface area contributed by atoms with E-state index in [-0.39, 0.29) is 5.54 Å². The van der Waals surface area contributed by atoms with Crippen LogP contribution in [-0.2, 0) is 0 Å². The fourth-order valence-electron chi connectivity index (χ4n) is 2.82. The summed E-state index contributed by atoms with van der Waals surface area (Å²) in [5, 5.41) is 4.38. The molecule has 2 rings (SSSR count). The van der Waals surface area contributed by atoms with Crippen molar-refractivity contribution in [1.82, 2.24) is 9.36 Å². The quantitative estimate of drug-likeness (QED) is 0.874. The maximum Gasteiger partial charge on any atom is 0.202 e. The van der Waals surface area contributed by atoms with Crippen molar-refractivity contribution in [3.63, 3.8) is 0 Å². The van der Waals surface area contributed by atoms with E-state index in [1.165, 1.54) is 37.2 Å². The van der Waals surface area contributed by atoms with Crippen LogP contribution in [-0.4, -0.2) is 14.9 Å². The predicted molar refractivity (Wildman–Crippen MR) is 82.8 cm³/mol. The molecule has 0 atom stereocenters. The Bertz CT molecular complexity index is 398. The number of anilines is 1. The summed E-state index contributed by atoms with van der Waals surface area (Å²) in [6, 6.07) is 0. The van der Waals surface area contributed by atoms with E-state index in [0.29, 0.717) is 5.92 Å². The molecule has 0 radical (unpaired) electrons. The van der Waals surface area contributed by atoms with Crippen LogP contribution < -0.4 is 5.32 Å². The first-order valence-corrected chi connectivity index (χ1v) is 8.24. The van der Waals surface area contributed by atoms with Crippen molar-refractivity contribution >= 4 is 16.7 Å². The summed E-state index contributed by atoms with van der Waals surface area (Å²) >= 11 is 1.50. The standard InChI is InChI=1S/C15H27N3S/c1-10(2)11-6-8-12(9-7-11)13-16-14(19-18-13)17-15(3,4)5/h10-12H,6-9H2,1-5H3,(H,16,17,18). The Morgan fingerprint density at radius 3 is 2.32 bits per heavy atom. The van der Waals surface area contributed by atoms with E-state index < -0.39 is 0 Å². The molecule has 1 heterocycles. The van der Waals surface area contributed by atoms with Gasteiger partial charge in [-0.15, -0.1) is 0 Å². The molecule has 0 aliphatic heterocycles. The predicted octanol–water partition coefficient (Wildman–Crippen LogP) is 4.68. The molecule has 0 saturated heterocycles. The van der Waals surface area contributed by atoms with Crippen LogP contribution in [0.3, 0.4) is 0 Å². The van der Waals surface area contributed by atoms with Gasteiger partial charge in [0.15, 0.2) is 0 Å². The molecule has 0 amide bonds. The summed E-state index contributed by atoms with van der Waals surface area (Å²) in [7, 11) is 0. The molecule has 0 spiro atoms. The second kappa shape index (κ2) is 5.78. The third-order valence-corrected chi connectivity index (χ3v) is 4.65. The summed E-state index contributed by atoms with van der Waals surface area (Å²) in [6.45, 7) is 11.2. The molecule has 19 heavy (non-hydrogen) atoms. The van der Waals surface area contributed by atoms with Crippen LogP contribution in [0.2, 0.25) is 0 Å². The Balaban J connectivity index is 1.93. The van der Waals surface area contributed by atoms with Crippen molar-refractivity contribution in [3.8, 4) is 0 Å². The summed E-state index contributed by atoms with van der Waals surface area (Å²) < 4.78 is 4.56. The molecule has 1 fully saturated rings. The first-order valence-electron chi connectivity index (χ1n) is 7.47. The molecular weight excluding hydrogens is 254 g/mol. The summed E-state index contributed by atoms with van der Waals surface area (Å²) in [5.74, 6) is 3.38. The number of aromatic nitrogens is 2. The molecule has 0 aromatic carbocycles. The summed E-state index contributed by atoms with van der Waals surface area (Å²) in [6.07, 6.45) is 5.19. The fourth-order valence-corrected chi connectivity index (χ4v) is 3.67. The third kappa shape index (κ3) is 4.16. The van der Waals surface area contributed by atoms with Crippen molar-refractivity contribution in [2.75, 3.05) is 5.32 Å². The molecule has 1 N–H and O–H groups in total. The highest BCUT2D eigenvalue weighted by molar-refractivity contribution is 7.09. The lowest BCUT2D eigenvalue weighted by Crippen LogP contribution is -2.26. The van der Waals surface area contributed by atoms with Crippen molar-refractivity contribution in [1.29, 1.82) is 0 Å². The maximum absolute atomic E-state index is 4.69. The first-order chi connectivity index (χ1) is 8.85. The van der Waals surface area contributed by atoms with E-state index in [0.717, 1.165) is 22.8 Å². The van der Waals surface area contributed by atoms with Gasteiger partial charge in [0, 0.05) is 23.0 Å². The van der Waals surface area contributed by atoms with Crippen molar-refractivity contribution < 1.29 is 0 Å². The molecule has 108 valence electrons. The number of rotatable bonds is 3. The highest BCUT2D eigenvalue weighted by Crippen LogP contribution is 2.38. The minimum atomic E-state index is 0.0616. The number of nitrogens with one attached hydrogen (secondary N) is 1. The molecule has 0 unspecified atom stereocenters. The minimum absolute atomic E-state index is 0.0616. The Morgan fingerprint density at radius 2 is 1.79 bits per heavy atom. The normalized spacial score (nSPS) is 24.7. The van der Waals surface area contributed by atoms with Crippen molar-refractivity contribution in [2.24, 2.45) is 11.8 Å². The largest absolute Gasteiger partial charge is 0.356 e. The Hall–Kier alpha value is -0.640. The highest BCUT2D eigenvalue weighted by atomic mass is 32.1. The number of hydrogen-bond donors (Lipinski definition) is 1. The van der Waals surface area contributed by atoms with E-state index >= 15 is 0 Å². The van der Waals surface area contributed by atoms with Gasteiger partial charge in [0.05, 0.1) is 0 Å². The van der Waals surface area contributed by atoms with Gasteiger partial charge in [0.1, 0.15) is 5.82 Å². The second-order valence-corrected chi connectivity index (χ2v) is 7.94. The van der Waals surface area contributed by atoms with Gasteiger partial charge in [-0.3, -0.25) is 0 Å². The Labute approximate surface area is 121 Å². The number of hydrogen-bond acceptors (Lipinski definition) is 4. The zero-order valence-corrected chi connectivity index (χ0v) is 13.7. The van der Waals surface area contributed by atoms with E-state index in [4.69, 9.17) is 0 Å². The van der Waals surface area contributed by atoms with Crippen molar-refractivity contribution in [3.05, 3.63) is 5.82 Å². The van der Waals surface area contributed by atoms with Crippen LogP contribution in [0.1, 0.15) is 72.0 Å². The smallest absolute Gasteiger partial charge is 0.202 e. The minimum Gasteiger partial charge on any atom is -0.356 e. The van der Waals surface area contributed by atoms with Gasteiger partial charge in [-0.25, -0.2) is 4.98 Å². The van der Waals surface area contributed by atoms with Crippen LogP contribution in [0.15, 0.2) is 0 Å². The van der Waals surface area contributed by atoms with E-state index in [1.807, 2.05) is 0 Å². The van der Waals surface area contributed by atoms with Crippen LogP contribution in [0.5, 0.6) is 0 Å². The van der Waals surface area contributed by atoms with Gasteiger partial charge in [-0.1, -0.05) is 13.8 Å². The Morgan fingerprint density at radius 1 is 1.16 bits per heavy atom. The molecule has 1 aromatic heterocycles. The van der Waals surface area contributed by atoms with E-state index in [9.17, 15) is 0 Å². The third-order valence-electron chi connectivity index (χ3n) is 4.00. The molecule has 3 nitrogen and oxygen atoms in total. The van der Waals surface area contributed by atoms with Crippen LogP contribution >= 0.6 is 11.5 Å². The van der Waals surface area contributed by atoms with Crippen LogP contribution in [0, 0.1) is 11.8 Å². The van der Waals surface area contributed by atoms with Gasteiger partial charge in [-0.2, -0.15) is 4.37 Å². The topological polar surface area (TPSA) is 37.8 Å². The molecule has 1 aliphatic rings. The van der Waals surface area contributed by atoms with Gasteiger partial charge in [0.2, 0.25) is 5.13 Å². The lowest BCUT2D eigenvalue weighted by molar-refractivity contribution is 0.255. The zero-order chi connectivity index (χ0) is 14.0. The van der Waals surface area contributed by atoms with Gasteiger partial charge in [0.25, 0.3) is 0 Å². The van der Waals surface area contributed by atoms with Gasteiger partial charge < -0.3 is 5.32 Å². The SMILES string of the molecule is CC(C)C1CCC(c2nsc(NC(C)(C)C)n2)CC1. The molecule has 1 aromatic rings. The average molecular weight is 281 g/mol. The summed E-state index contributed by atoms with van der Waals surface area (Å²) in [5.41, 5.74) is 0.0616. The van der Waals surface area contributed by atoms with Crippen LogP contribution in [0.25, 0.3) is 0 Å². The summed E-state index contributed by atoms with van der Waals surface area (Å²) in [4.78, 5) is 4.69. The van der Waals surface area contributed by atoms with Crippen LogP contribution in [0.4, 0.5) is 5.13 Å². The van der Waals surface area contributed by atoms with Gasteiger partial charge in [-0.05, 0) is 58.3 Å². The van der Waals surface area contributed by atoms with Crippen molar-refractivity contribution in [2.45, 2.75) is 71.8 Å². The maximum atomic E-state index is 4.69. The zero-order valence-electron chi connectivity index (χ0n) is 12.9. The fraction of sp³-hybridized carbons (Fsp3) is 0.867. The number of nitrogens with zero attached hydrogens (tertiary/aromatic N) is 2. The lowest BCUT2D eigenvalue weighted by atomic mass is 9.77. The van der Waals surface area contributed by atoms with E-state index in [2.05, 4.69) is 49.3 Å². The molecule has 4 heteroatoms. The average Bonchev–Trinajstić information content (AvgIpc) is 2.75.